The molecule has 0 atom stereocenters. The van der Waals surface area contributed by atoms with Crippen LogP contribution in [0.25, 0.3) is 28.2 Å². The second kappa shape index (κ2) is 8.71. The van der Waals surface area contributed by atoms with E-state index in [1.54, 1.807) is 4.52 Å². The Morgan fingerprint density at radius 1 is 1.15 bits per heavy atom. The van der Waals surface area contributed by atoms with Gasteiger partial charge < -0.3 is 19.7 Å². The number of aryl methyl sites for hydroxylation is 1. The lowest BCUT2D eigenvalue weighted by Gasteiger charge is -2.31. The molecular weight excluding hydrogens is 418 g/mol. The molecule has 1 aliphatic rings. The Kier molecular flexibility index (Phi) is 5.60. The molecule has 5 rings (SSSR count). The normalized spacial score (nSPS) is 14.7. The molecule has 1 saturated heterocycles. The van der Waals surface area contributed by atoms with Gasteiger partial charge in [0.15, 0.2) is 11.3 Å². The maximum absolute atomic E-state index is 13.2. The standard InChI is InChI=1S/C25H27N5O3/c1-3-33-21-15-18(29-13-11-19(31)12-14-29)9-10-20(21)24-27-25(32)23-22(17-7-5-4-6-8-17)26-16(2)30(23)28-24/h4-10,15,19,31H,3,11-14H2,1-2H3,(H,27,28,32). The molecule has 0 saturated carbocycles. The van der Waals surface area contributed by atoms with Crippen molar-refractivity contribution < 1.29 is 9.84 Å². The maximum Gasteiger partial charge on any atom is 0.277 e. The van der Waals surface area contributed by atoms with Gasteiger partial charge in [-0.3, -0.25) is 4.79 Å². The molecule has 4 aromatic rings. The Labute approximate surface area is 191 Å². The summed E-state index contributed by atoms with van der Waals surface area (Å²) in [6.45, 7) is 5.85. The fourth-order valence-corrected chi connectivity index (χ4v) is 4.36. The highest BCUT2D eigenvalue weighted by Gasteiger charge is 2.21. The highest BCUT2D eigenvalue weighted by Crippen LogP contribution is 2.33. The number of H-pyrrole nitrogens is 1. The van der Waals surface area contributed by atoms with E-state index in [1.807, 2.05) is 62.4 Å². The lowest BCUT2D eigenvalue weighted by molar-refractivity contribution is 0.145. The van der Waals surface area contributed by atoms with Crippen LogP contribution in [0.1, 0.15) is 25.6 Å². The molecule has 2 aromatic carbocycles. The number of piperidine rings is 1. The number of imidazole rings is 1. The van der Waals surface area contributed by atoms with Gasteiger partial charge in [-0.05, 0) is 38.8 Å². The fourth-order valence-electron chi connectivity index (χ4n) is 4.36. The molecule has 1 aliphatic heterocycles. The SMILES string of the molecule is CCOc1cc(N2CCC(O)CC2)ccc1-c1nn2c(C)nc(-c3ccccc3)c2c(=O)[nH]1. The summed E-state index contributed by atoms with van der Waals surface area (Å²) in [5.41, 5.74) is 3.39. The molecule has 8 heteroatoms. The summed E-state index contributed by atoms with van der Waals surface area (Å²) in [5.74, 6) is 1.72. The van der Waals surface area contributed by atoms with E-state index in [-0.39, 0.29) is 11.7 Å². The number of nitrogens with zero attached hydrogens (tertiary/aromatic N) is 4. The van der Waals surface area contributed by atoms with E-state index < -0.39 is 0 Å². The van der Waals surface area contributed by atoms with Gasteiger partial charge in [-0.1, -0.05) is 30.3 Å². The van der Waals surface area contributed by atoms with Crippen LogP contribution in [0.2, 0.25) is 0 Å². The van der Waals surface area contributed by atoms with E-state index in [4.69, 9.17) is 9.84 Å². The number of aromatic amines is 1. The van der Waals surface area contributed by atoms with Crippen LogP contribution in [0, 0.1) is 6.92 Å². The molecule has 170 valence electrons. The van der Waals surface area contributed by atoms with Crippen molar-refractivity contribution in [1.82, 2.24) is 19.6 Å². The van der Waals surface area contributed by atoms with Crippen molar-refractivity contribution in [3.05, 3.63) is 64.7 Å². The first-order valence-electron chi connectivity index (χ1n) is 11.3. The third-order valence-corrected chi connectivity index (χ3v) is 6.06. The molecule has 0 bridgehead atoms. The molecule has 2 aromatic heterocycles. The molecule has 0 spiro atoms. The average Bonchev–Trinajstić information content (AvgIpc) is 3.17. The molecular formula is C25H27N5O3. The number of hydrogen-bond acceptors (Lipinski definition) is 6. The molecule has 8 nitrogen and oxygen atoms in total. The van der Waals surface area contributed by atoms with Crippen LogP contribution >= 0.6 is 0 Å². The summed E-state index contributed by atoms with van der Waals surface area (Å²) in [7, 11) is 0. The van der Waals surface area contributed by atoms with E-state index in [2.05, 4.69) is 14.9 Å². The fraction of sp³-hybridized carbons (Fsp3) is 0.320. The van der Waals surface area contributed by atoms with Crippen molar-refractivity contribution in [3.8, 4) is 28.4 Å². The number of aromatic nitrogens is 4. The van der Waals surface area contributed by atoms with E-state index in [0.717, 1.165) is 37.2 Å². The van der Waals surface area contributed by atoms with Crippen LogP contribution in [0.5, 0.6) is 5.75 Å². The zero-order valence-electron chi connectivity index (χ0n) is 18.8. The first-order valence-corrected chi connectivity index (χ1v) is 11.3. The van der Waals surface area contributed by atoms with Crippen molar-refractivity contribution in [3.63, 3.8) is 0 Å². The van der Waals surface area contributed by atoms with Crippen LogP contribution in [0.4, 0.5) is 5.69 Å². The molecule has 0 amide bonds. The minimum atomic E-state index is -0.254. The summed E-state index contributed by atoms with van der Waals surface area (Å²) < 4.78 is 7.54. The molecule has 0 aliphatic carbocycles. The Bertz CT molecular complexity index is 1340. The maximum atomic E-state index is 13.2. The Balaban J connectivity index is 1.59. The van der Waals surface area contributed by atoms with Crippen molar-refractivity contribution >= 4 is 11.2 Å². The van der Waals surface area contributed by atoms with Crippen LogP contribution in [0.15, 0.2) is 53.3 Å². The lowest BCUT2D eigenvalue weighted by atomic mass is 10.1. The number of ether oxygens (including phenoxy) is 1. The van der Waals surface area contributed by atoms with E-state index in [1.165, 1.54) is 0 Å². The number of benzene rings is 2. The highest BCUT2D eigenvalue weighted by atomic mass is 16.5. The lowest BCUT2D eigenvalue weighted by Crippen LogP contribution is -2.35. The van der Waals surface area contributed by atoms with Gasteiger partial charge in [0, 0.05) is 30.4 Å². The predicted molar refractivity (Wildman–Crippen MR) is 128 cm³/mol. The van der Waals surface area contributed by atoms with E-state index >= 15 is 0 Å². The van der Waals surface area contributed by atoms with Gasteiger partial charge in [-0.2, -0.15) is 0 Å². The zero-order valence-corrected chi connectivity index (χ0v) is 18.8. The zero-order chi connectivity index (χ0) is 22.9. The largest absolute Gasteiger partial charge is 0.493 e. The summed E-state index contributed by atoms with van der Waals surface area (Å²) in [5, 5.41) is 14.5. The van der Waals surface area contributed by atoms with Gasteiger partial charge in [0.2, 0.25) is 0 Å². The highest BCUT2D eigenvalue weighted by molar-refractivity contribution is 5.77. The van der Waals surface area contributed by atoms with Gasteiger partial charge in [0.25, 0.3) is 5.56 Å². The van der Waals surface area contributed by atoms with Crippen molar-refractivity contribution in [2.45, 2.75) is 32.8 Å². The Morgan fingerprint density at radius 3 is 2.64 bits per heavy atom. The van der Waals surface area contributed by atoms with Crippen LogP contribution in [-0.2, 0) is 0 Å². The monoisotopic (exact) mass is 445 g/mol. The molecule has 0 radical (unpaired) electrons. The second-order valence-corrected chi connectivity index (χ2v) is 8.27. The topological polar surface area (TPSA) is 95.8 Å². The van der Waals surface area contributed by atoms with Gasteiger partial charge in [0.05, 0.1) is 18.3 Å². The third-order valence-electron chi connectivity index (χ3n) is 6.06. The van der Waals surface area contributed by atoms with Gasteiger partial charge in [0.1, 0.15) is 17.3 Å². The van der Waals surface area contributed by atoms with Gasteiger partial charge in [-0.15, -0.1) is 5.10 Å². The molecule has 3 heterocycles. The third kappa shape index (κ3) is 3.98. The van der Waals surface area contributed by atoms with Gasteiger partial charge >= 0.3 is 0 Å². The van der Waals surface area contributed by atoms with E-state index in [0.29, 0.717) is 40.8 Å². The second-order valence-electron chi connectivity index (χ2n) is 8.27. The molecule has 0 unspecified atom stereocenters. The van der Waals surface area contributed by atoms with E-state index in [9.17, 15) is 9.90 Å². The van der Waals surface area contributed by atoms with Crippen LogP contribution in [-0.4, -0.2) is 50.5 Å². The van der Waals surface area contributed by atoms with Crippen LogP contribution in [0.3, 0.4) is 0 Å². The molecule has 1 fully saturated rings. The van der Waals surface area contributed by atoms with Crippen molar-refractivity contribution in [2.75, 3.05) is 24.6 Å². The number of rotatable bonds is 5. The summed E-state index contributed by atoms with van der Waals surface area (Å²) in [4.78, 5) is 23.0. The Hall–Kier alpha value is -3.65. The first-order chi connectivity index (χ1) is 16.0. The molecule has 33 heavy (non-hydrogen) atoms. The van der Waals surface area contributed by atoms with Crippen molar-refractivity contribution in [1.29, 1.82) is 0 Å². The van der Waals surface area contributed by atoms with Crippen molar-refractivity contribution in [2.24, 2.45) is 0 Å². The number of anilines is 1. The number of nitrogens with one attached hydrogen (secondary N) is 1. The quantitative estimate of drug-likeness (QED) is 0.489. The number of aliphatic hydroxyl groups is 1. The number of fused-ring (bicyclic) bond motifs is 1. The Morgan fingerprint density at radius 2 is 1.91 bits per heavy atom. The first kappa shape index (κ1) is 21.2. The van der Waals surface area contributed by atoms with Gasteiger partial charge in [-0.25, -0.2) is 9.50 Å². The summed E-state index contributed by atoms with van der Waals surface area (Å²) in [6, 6.07) is 15.6. The molecule has 2 N–H and O–H groups in total. The minimum Gasteiger partial charge on any atom is -0.493 e. The summed E-state index contributed by atoms with van der Waals surface area (Å²) >= 11 is 0. The minimum absolute atomic E-state index is 0.230. The van der Waals surface area contributed by atoms with Crippen LogP contribution < -0.4 is 15.2 Å². The number of hydrogen-bond donors (Lipinski definition) is 2. The predicted octanol–water partition coefficient (Wildman–Crippen LogP) is 3.42. The smallest absolute Gasteiger partial charge is 0.277 e. The summed E-state index contributed by atoms with van der Waals surface area (Å²) in [6.07, 6.45) is 1.27. The number of aliphatic hydroxyl groups excluding tert-OH is 1. The average molecular weight is 446 g/mol.